The van der Waals surface area contributed by atoms with Crippen LogP contribution in [0.4, 0.5) is 8.78 Å². The summed E-state index contributed by atoms with van der Waals surface area (Å²) in [7, 11) is 0. The summed E-state index contributed by atoms with van der Waals surface area (Å²) in [6.45, 7) is 0. The van der Waals surface area contributed by atoms with E-state index in [9.17, 15) is 8.78 Å². The van der Waals surface area contributed by atoms with E-state index in [1.54, 1.807) is 30.3 Å². The van der Waals surface area contributed by atoms with Gasteiger partial charge < -0.3 is 0 Å². The molecule has 0 amide bonds. The predicted octanol–water partition coefficient (Wildman–Crippen LogP) is 3.30. The minimum absolute atomic E-state index is 0.328. The Morgan fingerprint density at radius 3 is 2.35 bits per heavy atom. The van der Waals surface area contributed by atoms with Crippen LogP contribution >= 0.6 is 0 Å². The molecule has 0 bridgehead atoms. The van der Waals surface area contributed by atoms with Crippen molar-refractivity contribution in [2.75, 3.05) is 0 Å². The normalized spacial score (nSPS) is 10.9. The lowest BCUT2D eigenvalue weighted by atomic mass is 10.2. The van der Waals surface area contributed by atoms with Crippen molar-refractivity contribution in [2.45, 2.75) is 0 Å². The van der Waals surface area contributed by atoms with Crippen molar-refractivity contribution in [2.24, 2.45) is 0 Å². The molecule has 4 heteroatoms. The quantitative estimate of drug-likeness (QED) is 0.627. The monoisotopic (exact) mass is 230 g/mol. The van der Waals surface area contributed by atoms with Gasteiger partial charge in [0.1, 0.15) is 5.82 Å². The van der Waals surface area contributed by atoms with Crippen molar-refractivity contribution in [3.05, 3.63) is 60.3 Å². The molecule has 0 radical (unpaired) electrons. The molecule has 3 aromatic rings. The molecule has 17 heavy (non-hydrogen) atoms. The highest BCUT2D eigenvalue weighted by Gasteiger charge is 2.10. The lowest BCUT2D eigenvalue weighted by Gasteiger charge is -2.02. The Kier molecular flexibility index (Phi) is 2.14. The zero-order chi connectivity index (χ0) is 11.8. The van der Waals surface area contributed by atoms with E-state index in [1.165, 1.54) is 16.8 Å². The Morgan fingerprint density at radius 2 is 1.59 bits per heavy atom. The van der Waals surface area contributed by atoms with E-state index in [1.807, 2.05) is 6.07 Å². The Hall–Kier alpha value is -2.23. The molecule has 0 saturated carbocycles. The van der Waals surface area contributed by atoms with Crippen molar-refractivity contribution in [3.8, 4) is 5.69 Å². The maximum absolute atomic E-state index is 13.6. The molecule has 3 rings (SSSR count). The summed E-state index contributed by atoms with van der Waals surface area (Å²) in [5.41, 5.74) is 1.29. The van der Waals surface area contributed by atoms with Gasteiger partial charge in [-0.15, -0.1) is 5.10 Å². The highest BCUT2D eigenvalue weighted by molar-refractivity contribution is 5.80. The lowest BCUT2D eigenvalue weighted by molar-refractivity contribution is 0.574. The molecule has 0 aliphatic rings. The molecule has 1 heterocycles. The number of nitrogens with zero attached hydrogens (tertiary/aromatic N) is 2. The smallest absolute Gasteiger partial charge is 0.230 e. The molecule has 0 spiro atoms. The molecule has 0 saturated heterocycles. The van der Waals surface area contributed by atoms with E-state index < -0.39 is 5.95 Å². The third-order valence-corrected chi connectivity index (χ3v) is 2.61. The van der Waals surface area contributed by atoms with Gasteiger partial charge >= 0.3 is 0 Å². The molecular weight excluding hydrogens is 222 g/mol. The Labute approximate surface area is 96.1 Å². The van der Waals surface area contributed by atoms with Gasteiger partial charge in [-0.25, -0.2) is 9.07 Å². The van der Waals surface area contributed by atoms with Crippen molar-refractivity contribution < 1.29 is 8.78 Å². The van der Waals surface area contributed by atoms with Gasteiger partial charge in [0.15, 0.2) is 0 Å². The van der Waals surface area contributed by atoms with Crippen molar-refractivity contribution in [1.82, 2.24) is 9.78 Å². The molecule has 84 valence electrons. The maximum atomic E-state index is 13.6. The van der Waals surface area contributed by atoms with Gasteiger partial charge in [0.25, 0.3) is 0 Å². The zero-order valence-corrected chi connectivity index (χ0v) is 8.77. The van der Waals surface area contributed by atoms with Crippen LogP contribution in [0.25, 0.3) is 16.6 Å². The first kappa shape index (κ1) is 9.96. The maximum Gasteiger partial charge on any atom is 0.240 e. The summed E-state index contributed by atoms with van der Waals surface area (Å²) in [6, 6.07) is 12.8. The van der Waals surface area contributed by atoms with Crippen LogP contribution in [0.3, 0.4) is 0 Å². The van der Waals surface area contributed by atoms with Gasteiger partial charge in [-0.2, -0.15) is 4.39 Å². The molecule has 2 nitrogen and oxygen atoms in total. The Morgan fingerprint density at radius 1 is 0.882 bits per heavy atom. The fourth-order valence-electron chi connectivity index (χ4n) is 1.81. The minimum atomic E-state index is -0.523. The molecule has 0 unspecified atom stereocenters. The van der Waals surface area contributed by atoms with E-state index in [-0.39, 0.29) is 5.82 Å². The Balaban J connectivity index is 2.27. The fraction of sp³-hybridized carbons (Fsp3) is 0. The lowest BCUT2D eigenvalue weighted by Crippen LogP contribution is -1.96. The summed E-state index contributed by atoms with van der Waals surface area (Å²) >= 11 is 0. The standard InChI is InChI=1S/C13H8F2N2/c14-9-5-7-10(8-6-9)17-12-4-2-1-3-11(12)13(15)16-17/h1-8H. The number of para-hydroxylation sites is 1. The second-order valence-corrected chi connectivity index (χ2v) is 3.70. The van der Waals surface area contributed by atoms with Gasteiger partial charge in [0, 0.05) is 0 Å². The van der Waals surface area contributed by atoms with Crippen LogP contribution in [0.15, 0.2) is 48.5 Å². The molecule has 1 aromatic heterocycles. The van der Waals surface area contributed by atoms with Gasteiger partial charge in [-0.05, 0) is 36.4 Å². The number of hydrogen-bond acceptors (Lipinski definition) is 1. The van der Waals surface area contributed by atoms with E-state index in [2.05, 4.69) is 5.10 Å². The Bertz CT molecular complexity index is 671. The van der Waals surface area contributed by atoms with Crippen LogP contribution in [0.2, 0.25) is 0 Å². The number of fused-ring (bicyclic) bond motifs is 1. The van der Waals surface area contributed by atoms with Crippen molar-refractivity contribution >= 4 is 10.9 Å². The van der Waals surface area contributed by atoms with E-state index >= 15 is 0 Å². The first-order chi connectivity index (χ1) is 8.25. The molecule has 0 N–H and O–H groups in total. The van der Waals surface area contributed by atoms with Crippen LogP contribution in [-0.4, -0.2) is 9.78 Å². The largest absolute Gasteiger partial charge is 0.240 e. The number of benzene rings is 2. The first-order valence-electron chi connectivity index (χ1n) is 5.15. The molecule has 0 aliphatic heterocycles. The highest BCUT2D eigenvalue weighted by atomic mass is 19.1. The number of rotatable bonds is 1. The second kappa shape index (κ2) is 3.66. The summed E-state index contributed by atoms with van der Waals surface area (Å²) in [5.74, 6) is -0.851. The van der Waals surface area contributed by atoms with Crippen LogP contribution in [-0.2, 0) is 0 Å². The highest BCUT2D eigenvalue weighted by Crippen LogP contribution is 2.20. The molecular formula is C13H8F2N2. The van der Waals surface area contributed by atoms with Crippen LogP contribution < -0.4 is 0 Å². The number of aromatic nitrogens is 2. The zero-order valence-electron chi connectivity index (χ0n) is 8.77. The average molecular weight is 230 g/mol. The topological polar surface area (TPSA) is 17.8 Å². The van der Waals surface area contributed by atoms with Crippen LogP contribution in [0.1, 0.15) is 0 Å². The van der Waals surface area contributed by atoms with Crippen LogP contribution in [0.5, 0.6) is 0 Å². The summed E-state index contributed by atoms with van der Waals surface area (Å²) in [4.78, 5) is 0. The van der Waals surface area contributed by atoms with Crippen molar-refractivity contribution in [1.29, 1.82) is 0 Å². The summed E-state index contributed by atoms with van der Waals surface area (Å²) < 4.78 is 27.8. The molecule has 2 aromatic carbocycles. The predicted molar refractivity (Wildman–Crippen MR) is 61.0 cm³/mol. The molecule has 0 fully saturated rings. The fourth-order valence-corrected chi connectivity index (χ4v) is 1.81. The average Bonchev–Trinajstić information content (AvgIpc) is 2.69. The van der Waals surface area contributed by atoms with E-state index in [0.29, 0.717) is 16.6 Å². The number of halogens is 2. The SMILES string of the molecule is Fc1ccc(-n2nc(F)c3ccccc32)cc1. The second-order valence-electron chi connectivity index (χ2n) is 3.70. The first-order valence-corrected chi connectivity index (χ1v) is 5.15. The summed E-state index contributed by atoms with van der Waals surface area (Å²) in [5, 5.41) is 4.27. The number of hydrogen-bond donors (Lipinski definition) is 0. The van der Waals surface area contributed by atoms with Gasteiger partial charge in [0.2, 0.25) is 5.95 Å². The van der Waals surface area contributed by atoms with Gasteiger partial charge in [0.05, 0.1) is 16.6 Å². The van der Waals surface area contributed by atoms with Crippen molar-refractivity contribution in [3.63, 3.8) is 0 Å². The van der Waals surface area contributed by atoms with E-state index in [0.717, 1.165) is 0 Å². The molecule has 0 aliphatic carbocycles. The third kappa shape index (κ3) is 1.58. The van der Waals surface area contributed by atoms with Gasteiger partial charge in [-0.3, -0.25) is 0 Å². The van der Waals surface area contributed by atoms with Gasteiger partial charge in [-0.1, -0.05) is 12.1 Å². The van der Waals surface area contributed by atoms with Crippen LogP contribution in [0, 0.1) is 11.8 Å². The molecule has 0 atom stereocenters. The third-order valence-electron chi connectivity index (χ3n) is 2.61. The minimum Gasteiger partial charge on any atom is -0.230 e. The summed E-state index contributed by atoms with van der Waals surface area (Å²) in [6.07, 6.45) is 0. The van der Waals surface area contributed by atoms with E-state index in [4.69, 9.17) is 0 Å².